The molecule has 1 aromatic carbocycles. The molecule has 2 N–H and O–H groups in total. The first-order valence-corrected chi connectivity index (χ1v) is 8.05. The maximum absolute atomic E-state index is 11.8. The number of hydrogen-bond donors (Lipinski definition) is 2. The Morgan fingerprint density at radius 3 is 2.86 bits per heavy atom. The van der Waals surface area contributed by atoms with Crippen LogP contribution in [0.25, 0.3) is 10.2 Å². The van der Waals surface area contributed by atoms with Crippen molar-refractivity contribution in [3.05, 3.63) is 29.3 Å². The van der Waals surface area contributed by atoms with Gasteiger partial charge in [-0.05, 0) is 32.0 Å². The van der Waals surface area contributed by atoms with Crippen molar-refractivity contribution in [2.75, 3.05) is 13.6 Å². The molecule has 0 unspecified atom stereocenters. The third-order valence-corrected chi connectivity index (χ3v) is 4.34. The molecule has 1 aromatic heterocycles. The Morgan fingerprint density at radius 1 is 1.36 bits per heavy atom. The highest BCUT2D eigenvalue weighted by atomic mass is 32.1. The summed E-state index contributed by atoms with van der Waals surface area (Å²) in [7, 11) is 1.84. The number of amides is 3. The predicted octanol–water partition coefficient (Wildman–Crippen LogP) is 1.72. The van der Waals surface area contributed by atoms with Crippen molar-refractivity contribution >= 4 is 33.5 Å². The largest absolute Gasteiger partial charge is 0.335 e. The van der Waals surface area contributed by atoms with E-state index < -0.39 is 6.03 Å². The SMILES string of the molecule is CN(CC(=O)NC(=O)NC1CC1)Cc1nc2ccccc2s1. The van der Waals surface area contributed by atoms with Gasteiger partial charge in [-0.1, -0.05) is 12.1 Å². The van der Waals surface area contributed by atoms with Gasteiger partial charge in [0.25, 0.3) is 0 Å². The van der Waals surface area contributed by atoms with E-state index in [2.05, 4.69) is 15.6 Å². The fraction of sp³-hybridized carbons (Fsp3) is 0.400. The average molecular weight is 318 g/mol. The third kappa shape index (κ3) is 4.02. The molecular weight excluding hydrogens is 300 g/mol. The molecule has 116 valence electrons. The van der Waals surface area contributed by atoms with Gasteiger partial charge in [-0.15, -0.1) is 11.3 Å². The normalized spacial score (nSPS) is 14.3. The summed E-state index contributed by atoms with van der Waals surface area (Å²) < 4.78 is 1.14. The van der Waals surface area contributed by atoms with E-state index in [1.807, 2.05) is 36.2 Å². The number of likely N-dealkylation sites (N-methyl/N-ethyl adjacent to an activating group) is 1. The van der Waals surface area contributed by atoms with Gasteiger partial charge >= 0.3 is 6.03 Å². The molecule has 1 aliphatic rings. The van der Waals surface area contributed by atoms with Crippen LogP contribution in [-0.2, 0) is 11.3 Å². The Morgan fingerprint density at radius 2 is 2.14 bits per heavy atom. The van der Waals surface area contributed by atoms with Crippen LogP contribution in [0.5, 0.6) is 0 Å². The molecule has 0 spiro atoms. The van der Waals surface area contributed by atoms with E-state index in [0.717, 1.165) is 28.1 Å². The van der Waals surface area contributed by atoms with Gasteiger partial charge < -0.3 is 5.32 Å². The molecule has 1 aliphatic carbocycles. The standard InChI is InChI=1S/C15H18N4O2S/c1-19(8-13(20)18-15(21)16-10-6-7-10)9-14-17-11-4-2-3-5-12(11)22-14/h2-5,10H,6-9H2,1H3,(H2,16,18,20,21). The van der Waals surface area contributed by atoms with Crippen LogP contribution < -0.4 is 10.6 Å². The zero-order chi connectivity index (χ0) is 15.5. The molecule has 0 bridgehead atoms. The van der Waals surface area contributed by atoms with Gasteiger partial charge in [0.1, 0.15) is 5.01 Å². The molecule has 1 fully saturated rings. The molecule has 22 heavy (non-hydrogen) atoms. The summed E-state index contributed by atoms with van der Waals surface area (Å²) in [5, 5.41) is 6.03. The summed E-state index contributed by atoms with van der Waals surface area (Å²) >= 11 is 1.62. The minimum absolute atomic E-state index is 0.161. The predicted molar refractivity (Wildman–Crippen MR) is 85.7 cm³/mol. The summed E-state index contributed by atoms with van der Waals surface area (Å²) in [5.41, 5.74) is 0.976. The number of aromatic nitrogens is 1. The minimum Gasteiger partial charge on any atom is -0.335 e. The molecular formula is C15H18N4O2S. The molecule has 3 rings (SSSR count). The van der Waals surface area contributed by atoms with Crippen molar-refractivity contribution in [2.24, 2.45) is 0 Å². The lowest BCUT2D eigenvalue weighted by Crippen LogP contribution is -2.44. The van der Waals surface area contributed by atoms with E-state index >= 15 is 0 Å². The first-order valence-electron chi connectivity index (χ1n) is 7.23. The summed E-state index contributed by atoms with van der Waals surface area (Å²) in [6.45, 7) is 0.741. The second kappa shape index (κ2) is 6.41. The zero-order valence-corrected chi connectivity index (χ0v) is 13.2. The number of urea groups is 1. The number of nitrogens with zero attached hydrogens (tertiary/aromatic N) is 2. The Kier molecular flexibility index (Phi) is 4.35. The second-order valence-electron chi connectivity index (χ2n) is 5.54. The first-order chi connectivity index (χ1) is 10.6. The second-order valence-corrected chi connectivity index (χ2v) is 6.66. The zero-order valence-electron chi connectivity index (χ0n) is 12.3. The van der Waals surface area contributed by atoms with E-state index in [1.165, 1.54) is 0 Å². The van der Waals surface area contributed by atoms with E-state index in [0.29, 0.717) is 6.54 Å². The minimum atomic E-state index is -0.402. The fourth-order valence-corrected chi connectivity index (χ4v) is 3.18. The van der Waals surface area contributed by atoms with Crippen molar-refractivity contribution in [3.63, 3.8) is 0 Å². The van der Waals surface area contributed by atoms with Gasteiger partial charge in [-0.3, -0.25) is 15.0 Å². The highest BCUT2D eigenvalue weighted by Crippen LogP contribution is 2.22. The van der Waals surface area contributed by atoms with Gasteiger partial charge in [-0.2, -0.15) is 0 Å². The number of para-hydroxylation sites is 1. The number of nitrogens with one attached hydrogen (secondary N) is 2. The van der Waals surface area contributed by atoms with Crippen molar-refractivity contribution < 1.29 is 9.59 Å². The van der Waals surface area contributed by atoms with Gasteiger partial charge in [0.05, 0.1) is 23.3 Å². The molecule has 6 nitrogen and oxygen atoms in total. The number of benzene rings is 1. The lowest BCUT2D eigenvalue weighted by atomic mass is 10.3. The number of carbonyl (C=O) groups is 2. The van der Waals surface area contributed by atoms with Crippen LogP contribution in [0.15, 0.2) is 24.3 Å². The average Bonchev–Trinajstić information content (AvgIpc) is 3.15. The van der Waals surface area contributed by atoms with Crippen LogP contribution in [0, 0.1) is 0 Å². The summed E-state index contributed by atoms with van der Waals surface area (Å²) in [6.07, 6.45) is 2.00. The van der Waals surface area contributed by atoms with Crippen LogP contribution >= 0.6 is 11.3 Å². The molecule has 0 saturated heterocycles. The monoisotopic (exact) mass is 318 g/mol. The number of carbonyl (C=O) groups excluding carboxylic acids is 2. The lowest BCUT2D eigenvalue weighted by molar-refractivity contribution is -0.120. The maximum atomic E-state index is 11.8. The Bertz CT molecular complexity index is 663. The van der Waals surface area contributed by atoms with E-state index in [-0.39, 0.29) is 18.5 Å². The van der Waals surface area contributed by atoms with Crippen LogP contribution in [0.1, 0.15) is 17.8 Å². The molecule has 0 radical (unpaired) electrons. The summed E-state index contributed by atoms with van der Waals surface area (Å²) in [6, 6.07) is 7.80. The molecule has 7 heteroatoms. The molecule has 3 amide bonds. The highest BCUT2D eigenvalue weighted by Gasteiger charge is 2.24. The van der Waals surface area contributed by atoms with E-state index in [1.54, 1.807) is 11.3 Å². The fourth-order valence-electron chi connectivity index (χ4n) is 2.13. The number of hydrogen-bond acceptors (Lipinski definition) is 5. The quantitative estimate of drug-likeness (QED) is 0.880. The van der Waals surface area contributed by atoms with Crippen LogP contribution in [0.4, 0.5) is 4.79 Å². The van der Waals surface area contributed by atoms with Crippen LogP contribution in [-0.4, -0.2) is 41.5 Å². The maximum Gasteiger partial charge on any atom is 0.321 e. The van der Waals surface area contributed by atoms with Crippen molar-refractivity contribution in [1.82, 2.24) is 20.5 Å². The molecule has 0 atom stereocenters. The van der Waals surface area contributed by atoms with Crippen molar-refractivity contribution in [3.8, 4) is 0 Å². The molecule has 1 heterocycles. The van der Waals surface area contributed by atoms with Crippen molar-refractivity contribution in [2.45, 2.75) is 25.4 Å². The molecule has 2 aromatic rings. The highest BCUT2D eigenvalue weighted by molar-refractivity contribution is 7.18. The van der Waals surface area contributed by atoms with E-state index in [4.69, 9.17) is 0 Å². The summed E-state index contributed by atoms with van der Waals surface area (Å²) in [4.78, 5) is 29.7. The lowest BCUT2D eigenvalue weighted by Gasteiger charge is -2.14. The third-order valence-electron chi connectivity index (χ3n) is 3.32. The Hall–Kier alpha value is -1.99. The van der Waals surface area contributed by atoms with Gasteiger partial charge in [0.2, 0.25) is 5.91 Å². The van der Waals surface area contributed by atoms with Gasteiger partial charge in [0, 0.05) is 6.04 Å². The van der Waals surface area contributed by atoms with Crippen molar-refractivity contribution in [1.29, 1.82) is 0 Å². The Labute approximate surface area is 132 Å². The number of rotatable bonds is 5. The van der Waals surface area contributed by atoms with E-state index in [9.17, 15) is 9.59 Å². The van der Waals surface area contributed by atoms with Crippen LogP contribution in [0.3, 0.4) is 0 Å². The number of fused-ring (bicyclic) bond motifs is 1. The molecule has 0 aliphatic heterocycles. The summed E-state index contributed by atoms with van der Waals surface area (Å²) in [5.74, 6) is -0.304. The first kappa shape index (κ1) is 14.9. The number of thiazole rings is 1. The van der Waals surface area contributed by atoms with Gasteiger partial charge in [-0.25, -0.2) is 9.78 Å². The smallest absolute Gasteiger partial charge is 0.321 e. The molecule has 1 saturated carbocycles. The van der Waals surface area contributed by atoms with Gasteiger partial charge in [0.15, 0.2) is 0 Å². The Balaban J connectivity index is 1.49. The number of imide groups is 1. The topological polar surface area (TPSA) is 74.3 Å². The van der Waals surface area contributed by atoms with Crippen LogP contribution in [0.2, 0.25) is 0 Å².